The molecule has 1 fully saturated rings. The van der Waals surface area contributed by atoms with Gasteiger partial charge in [-0.1, -0.05) is 6.92 Å². The Balaban J connectivity index is 1.64. The van der Waals surface area contributed by atoms with Gasteiger partial charge in [-0.25, -0.2) is 0 Å². The first-order valence-electron chi connectivity index (χ1n) is 8.84. The Hall–Kier alpha value is -2.05. The Bertz CT molecular complexity index is 743. The van der Waals surface area contributed by atoms with Gasteiger partial charge in [-0.2, -0.15) is 0 Å². The van der Waals surface area contributed by atoms with Crippen molar-refractivity contribution in [2.45, 2.75) is 13.3 Å². The number of carbonyl (C=O) groups excluding carboxylic acids is 1. The number of hydrogen-bond acceptors (Lipinski definition) is 4. The average Bonchev–Trinajstić information content (AvgIpc) is 2.67. The number of hydrogen-bond donors (Lipinski definition) is 1. The van der Waals surface area contributed by atoms with E-state index < -0.39 is 0 Å². The molecule has 2 aromatic carbocycles. The predicted molar refractivity (Wildman–Crippen MR) is 107 cm³/mol. The topological polar surface area (TPSA) is 50.8 Å². The van der Waals surface area contributed by atoms with E-state index in [4.69, 9.17) is 9.47 Å². The van der Waals surface area contributed by atoms with E-state index in [0.717, 1.165) is 54.3 Å². The maximum atomic E-state index is 12.4. The number of carbonyl (C=O) groups is 1. The summed E-state index contributed by atoms with van der Waals surface area (Å²) in [6.45, 7) is 5.96. The van der Waals surface area contributed by atoms with Crippen LogP contribution in [-0.2, 0) is 4.74 Å². The molecule has 0 aromatic heterocycles. The highest BCUT2D eigenvalue weighted by molar-refractivity contribution is 9.10. The van der Waals surface area contributed by atoms with Crippen LogP contribution in [0.15, 0.2) is 46.9 Å². The second kappa shape index (κ2) is 9.05. The molecule has 0 radical (unpaired) electrons. The van der Waals surface area contributed by atoms with Crippen LogP contribution < -0.4 is 15.0 Å². The molecule has 2 aromatic rings. The lowest BCUT2D eigenvalue weighted by Gasteiger charge is -2.29. The molecule has 1 aliphatic heterocycles. The van der Waals surface area contributed by atoms with E-state index in [9.17, 15) is 4.79 Å². The fraction of sp³-hybridized carbons (Fsp3) is 0.350. The molecule has 26 heavy (non-hydrogen) atoms. The summed E-state index contributed by atoms with van der Waals surface area (Å²) >= 11 is 3.61. The van der Waals surface area contributed by atoms with Gasteiger partial charge < -0.3 is 19.7 Å². The van der Waals surface area contributed by atoms with Crippen molar-refractivity contribution in [2.24, 2.45) is 0 Å². The second-order valence-electron chi connectivity index (χ2n) is 6.09. The minimum absolute atomic E-state index is 0.141. The fourth-order valence-corrected chi connectivity index (χ4v) is 3.40. The minimum Gasteiger partial charge on any atom is -0.494 e. The molecule has 0 unspecified atom stereocenters. The summed E-state index contributed by atoms with van der Waals surface area (Å²) in [5.41, 5.74) is 2.47. The van der Waals surface area contributed by atoms with E-state index in [1.807, 2.05) is 30.3 Å². The van der Waals surface area contributed by atoms with Gasteiger partial charge in [0.15, 0.2) is 0 Å². The normalized spacial score (nSPS) is 14.2. The molecule has 0 saturated carbocycles. The van der Waals surface area contributed by atoms with Gasteiger partial charge in [-0.3, -0.25) is 4.79 Å². The summed E-state index contributed by atoms with van der Waals surface area (Å²) in [6, 6.07) is 13.1. The number of amides is 1. The van der Waals surface area contributed by atoms with Gasteiger partial charge in [0.2, 0.25) is 0 Å². The zero-order valence-electron chi connectivity index (χ0n) is 14.8. The van der Waals surface area contributed by atoms with E-state index in [0.29, 0.717) is 12.2 Å². The number of morpholine rings is 1. The average molecular weight is 419 g/mol. The van der Waals surface area contributed by atoms with Crippen molar-refractivity contribution in [3.63, 3.8) is 0 Å². The molecule has 3 rings (SSSR count). The first-order chi connectivity index (χ1) is 12.7. The van der Waals surface area contributed by atoms with Crippen molar-refractivity contribution in [3.05, 3.63) is 52.5 Å². The summed E-state index contributed by atoms with van der Waals surface area (Å²) in [4.78, 5) is 14.7. The molecule has 1 amide bonds. The van der Waals surface area contributed by atoms with Gasteiger partial charge >= 0.3 is 0 Å². The van der Waals surface area contributed by atoms with Crippen LogP contribution >= 0.6 is 15.9 Å². The lowest BCUT2D eigenvalue weighted by molar-refractivity contribution is 0.102. The Morgan fingerprint density at radius 1 is 1.19 bits per heavy atom. The van der Waals surface area contributed by atoms with Gasteiger partial charge in [0, 0.05) is 28.8 Å². The molecule has 6 heteroatoms. The largest absolute Gasteiger partial charge is 0.494 e. The van der Waals surface area contributed by atoms with Gasteiger partial charge in [-0.05, 0) is 64.8 Å². The number of nitrogens with zero attached hydrogens (tertiary/aromatic N) is 1. The summed E-state index contributed by atoms with van der Waals surface area (Å²) in [5, 5.41) is 2.94. The molecule has 1 saturated heterocycles. The number of ether oxygens (including phenoxy) is 2. The number of anilines is 2. The number of rotatable bonds is 6. The van der Waals surface area contributed by atoms with Gasteiger partial charge in [0.1, 0.15) is 5.75 Å². The molecule has 1 aliphatic rings. The van der Waals surface area contributed by atoms with Crippen LogP contribution in [0.3, 0.4) is 0 Å². The monoisotopic (exact) mass is 418 g/mol. The minimum atomic E-state index is -0.141. The van der Waals surface area contributed by atoms with E-state index in [1.165, 1.54) is 0 Å². The summed E-state index contributed by atoms with van der Waals surface area (Å²) < 4.78 is 11.9. The lowest BCUT2D eigenvalue weighted by Crippen LogP contribution is -2.36. The SMILES string of the molecule is CCCOc1ccc(C(=O)Nc2ccc(N3CCOCC3)c(Br)c2)cc1. The van der Waals surface area contributed by atoms with Gasteiger partial charge in [0.05, 0.1) is 25.5 Å². The van der Waals surface area contributed by atoms with Crippen LogP contribution in [0.25, 0.3) is 0 Å². The second-order valence-corrected chi connectivity index (χ2v) is 6.95. The third kappa shape index (κ3) is 4.77. The standard InChI is InChI=1S/C20H23BrN2O3/c1-2-11-26-17-6-3-15(4-7-17)20(24)22-16-5-8-19(18(21)14-16)23-9-12-25-13-10-23/h3-8,14H,2,9-13H2,1H3,(H,22,24). The van der Waals surface area contributed by atoms with Crippen molar-refractivity contribution >= 4 is 33.2 Å². The van der Waals surface area contributed by atoms with Crippen molar-refractivity contribution in [3.8, 4) is 5.75 Å². The van der Waals surface area contributed by atoms with Crippen molar-refractivity contribution in [1.82, 2.24) is 0 Å². The Morgan fingerprint density at radius 3 is 2.58 bits per heavy atom. The van der Waals surface area contributed by atoms with E-state index >= 15 is 0 Å². The summed E-state index contributed by atoms with van der Waals surface area (Å²) in [6.07, 6.45) is 0.956. The number of benzene rings is 2. The van der Waals surface area contributed by atoms with E-state index in [2.05, 4.69) is 33.1 Å². The highest BCUT2D eigenvalue weighted by Gasteiger charge is 2.15. The van der Waals surface area contributed by atoms with Crippen LogP contribution in [-0.4, -0.2) is 38.8 Å². The molecule has 0 bridgehead atoms. The molecular formula is C20H23BrN2O3. The Labute approximate surface area is 162 Å². The summed E-state index contributed by atoms with van der Waals surface area (Å²) in [5.74, 6) is 0.638. The molecule has 1 heterocycles. The fourth-order valence-electron chi connectivity index (χ4n) is 2.77. The zero-order chi connectivity index (χ0) is 18.4. The maximum Gasteiger partial charge on any atom is 0.255 e. The maximum absolute atomic E-state index is 12.4. The van der Waals surface area contributed by atoms with Crippen LogP contribution in [0.4, 0.5) is 11.4 Å². The highest BCUT2D eigenvalue weighted by atomic mass is 79.9. The van der Waals surface area contributed by atoms with Crippen LogP contribution in [0.5, 0.6) is 5.75 Å². The van der Waals surface area contributed by atoms with Crippen molar-refractivity contribution in [1.29, 1.82) is 0 Å². The van der Waals surface area contributed by atoms with Crippen molar-refractivity contribution in [2.75, 3.05) is 43.1 Å². The molecule has 0 aliphatic carbocycles. The van der Waals surface area contributed by atoms with Crippen LogP contribution in [0.1, 0.15) is 23.7 Å². The highest BCUT2D eigenvalue weighted by Crippen LogP contribution is 2.30. The Morgan fingerprint density at radius 2 is 1.92 bits per heavy atom. The van der Waals surface area contributed by atoms with Crippen molar-refractivity contribution < 1.29 is 14.3 Å². The van der Waals surface area contributed by atoms with E-state index in [-0.39, 0.29) is 5.91 Å². The molecule has 1 N–H and O–H groups in total. The van der Waals surface area contributed by atoms with Crippen LogP contribution in [0.2, 0.25) is 0 Å². The van der Waals surface area contributed by atoms with Crippen LogP contribution in [0, 0.1) is 0 Å². The first kappa shape index (κ1) is 18.7. The number of halogens is 1. The molecule has 5 nitrogen and oxygen atoms in total. The number of nitrogens with one attached hydrogen (secondary N) is 1. The third-order valence-electron chi connectivity index (χ3n) is 4.15. The predicted octanol–water partition coefficient (Wildman–Crippen LogP) is 4.33. The quantitative estimate of drug-likeness (QED) is 0.758. The van der Waals surface area contributed by atoms with Gasteiger partial charge in [0.25, 0.3) is 5.91 Å². The van der Waals surface area contributed by atoms with E-state index in [1.54, 1.807) is 12.1 Å². The lowest BCUT2D eigenvalue weighted by atomic mass is 10.2. The third-order valence-corrected chi connectivity index (χ3v) is 4.78. The van der Waals surface area contributed by atoms with Gasteiger partial charge in [-0.15, -0.1) is 0 Å². The Kier molecular flexibility index (Phi) is 6.52. The molecule has 138 valence electrons. The smallest absolute Gasteiger partial charge is 0.255 e. The molecular weight excluding hydrogens is 396 g/mol. The first-order valence-corrected chi connectivity index (χ1v) is 9.63. The zero-order valence-corrected chi connectivity index (χ0v) is 16.4. The summed E-state index contributed by atoms with van der Waals surface area (Å²) in [7, 11) is 0. The molecule has 0 atom stereocenters. The molecule has 0 spiro atoms.